The molecule has 0 saturated heterocycles. The van der Waals surface area contributed by atoms with E-state index in [-0.39, 0.29) is 11.8 Å². The van der Waals surface area contributed by atoms with Gasteiger partial charge in [-0.25, -0.2) is 0 Å². The fraction of sp³-hybridized carbons (Fsp3) is 0.714. The van der Waals surface area contributed by atoms with Gasteiger partial charge in [-0.05, 0) is 81.5 Å². The van der Waals surface area contributed by atoms with Gasteiger partial charge in [-0.3, -0.25) is 9.59 Å². The standard InChI is InChI=1S/C21H24O2/c22-20-16-8-14-10-1-2-11(4-3-10)15(14)9-17(16)21(23)19-13-6-5-12(7-13)18(19)20/h10-13,16-17H,1-9H2/t10?,11?,12-,13+,16?,17?. The van der Waals surface area contributed by atoms with Crippen LogP contribution in [-0.2, 0) is 9.59 Å². The molecule has 0 heterocycles. The molecule has 0 aliphatic heterocycles. The Hall–Kier alpha value is -1.18. The van der Waals surface area contributed by atoms with Crippen LogP contribution in [0.2, 0.25) is 0 Å². The zero-order valence-corrected chi connectivity index (χ0v) is 13.6. The molecule has 7 rings (SSSR count). The van der Waals surface area contributed by atoms with Crippen molar-refractivity contribution in [2.45, 2.75) is 57.8 Å². The van der Waals surface area contributed by atoms with E-state index in [1.165, 1.54) is 25.7 Å². The van der Waals surface area contributed by atoms with E-state index in [4.69, 9.17) is 0 Å². The first kappa shape index (κ1) is 13.1. The van der Waals surface area contributed by atoms with Crippen LogP contribution in [0.4, 0.5) is 0 Å². The molecule has 2 heteroatoms. The van der Waals surface area contributed by atoms with E-state index < -0.39 is 0 Å². The molecule has 23 heavy (non-hydrogen) atoms. The molecule has 0 radical (unpaired) electrons. The Morgan fingerprint density at radius 2 is 0.957 bits per heavy atom. The lowest BCUT2D eigenvalue weighted by atomic mass is 9.56. The average Bonchev–Trinajstić information content (AvgIpc) is 3.21. The molecular formula is C21H24O2. The van der Waals surface area contributed by atoms with Crippen molar-refractivity contribution < 1.29 is 9.59 Å². The summed E-state index contributed by atoms with van der Waals surface area (Å²) in [6.45, 7) is 0. The summed E-state index contributed by atoms with van der Waals surface area (Å²) in [7, 11) is 0. The molecule has 4 atom stereocenters. The number of allylic oxidation sites excluding steroid dienone is 4. The van der Waals surface area contributed by atoms with Gasteiger partial charge in [0.2, 0.25) is 0 Å². The first-order chi connectivity index (χ1) is 11.2. The van der Waals surface area contributed by atoms with Gasteiger partial charge in [-0.2, -0.15) is 0 Å². The second-order valence-electron chi connectivity index (χ2n) is 8.98. The maximum absolute atomic E-state index is 13.2. The van der Waals surface area contributed by atoms with Crippen LogP contribution >= 0.6 is 0 Å². The summed E-state index contributed by atoms with van der Waals surface area (Å²) in [5.74, 6) is 3.17. The van der Waals surface area contributed by atoms with Crippen LogP contribution in [0.25, 0.3) is 0 Å². The lowest BCUT2D eigenvalue weighted by Crippen LogP contribution is -2.44. The van der Waals surface area contributed by atoms with Crippen LogP contribution < -0.4 is 0 Å². The summed E-state index contributed by atoms with van der Waals surface area (Å²) in [5.41, 5.74) is 5.28. The second-order valence-corrected chi connectivity index (χ2v) is 8.98. The van der Waals surface area contributed by atoms with Crippen LogP contribution in [0.3, 0.4) is 0 Å². The lowest BCUT2D eigenvalue weighted by molar-refractivity contribution is -0.131. The molecule has 0 aromatic rings. The number of rotatable bonds is 0. The molecular weight excluding hydrogens is 284 g/mol. The van der Waals surface area contributed by atoms with Crippen molar-refractivity contribution in [1.82, 2.24) is 0 Å². The molecule has 2 fully saturated rings. The molecule has 120 valence electrons. The van der Waals surface area contributed by atoms with Crippen molar-refractivity contribution in [3.63, 3.8) is 0 Å². The van der Waals surface area contributed by atoms with Gasteiger partial charge >= 0.3 is 0 Å². The molecule has 0 aromatic heterocycles. The molecule has 0 N–H and O–H groups in total. The smallest absolute Gasteiger partial charge is 0.163 e. The van der Waals surface area contributed by atoms with Crippen LogP contribution in [0.1, 0.15) is 57.8 Å². The summed E-state index contributed by atoms with van der Waals surface area (Å²) < 4.78 is 0. The number of Topliss-reactive ketones (excluding diaryl/α,β-unsaturated/α-hetero) is 2. The van der Waals surface area contributed by atoms with Crippen molar-refractivity contribution in [1.29, 1.82) is 0 Å². The molecule has 0 aromatic carbocycles. The number of fused-ring (bicyclic) bond motifs is 7. The van der Waals surface area contributed by atoms with Crippen LogP contribution in [-0.4, -0.2) is 11.6 Å². The van der Waals surface area contributed by atoms with E-state index in [0.717, 1.165) is 55.1 Å². The van der Waals surface area contributed by atoms with Gasteiger partial charge in [0, 0.05) is 23.0 Å². The highest BCUT2D eigenvalue weighted by molar-refractivity contribution is 6.15. The predicted octanol–water partition coefficient (Wildman–Crippen LogP) is 4.01. The molecule has 2 nitrogen and oxygen atoms in total. The SMILES string of the molecule is O=C1C2=C(C(=O)C3CC4=C(CC13)C1CCC4CC1)[C@H]1CC[C@@H]2C1. The summed E-state index contributed by atoms with van der Waals surface area (Å²) in [5, 5.41) is 0. The van der Waals surface area contributed by atoms with Gasteiger partial charge in [-0.1, -0.05) is 11.1 Å². The fourth-order valence-electron chi connectivity index (χ4n) is 7.23. The van der Waals surface area contributed by atoms with Gasteiger partial charge in [0.25, 0.3) is 0 Å². The van der Waals surface area contributed by atoms with E-state index in [0.29, 0.717) is 23.4 Å². The van der Waals surface area contributed by atoms with Gasteiger partial charge in [-0.15, -0.1) is 0 Å². The summed E-state index contributed by atoms with van der Waals surface area (Å²) in [6.07, 6.45) is 10.6. The second kappa shape index (κ2) is 4.26. The van der Waals surface area contributed by atoms with Gasteiger partial charge in [0.05, 0.1) is 0 Å². The molecule has 0 amide bonds. The van der Waals surface area contributed by atoms with Crippen LogP contribution in [0.15, 0.2) is 22.3 Å². The third-order valence-corrected chi connectivity index (χ3v) is 8.23. The predicted molar refractivity (Wildman–Crippen MR) is 86.6 cm³/mol. The van der Waals surface area contributed by atoms with Gasteiger partial charge in [0.15, 0.2) is 11.6 Å². The maximum Gasteiger partial charge on any atom is 0.163 e. The first-order valence-corrected chi connectivity index (χ1v) is 9.76. The Labute approximate surface area is 137 Å². The van der Waals surface area contributed by atoms with E-state index in [2.05, 4.69) is 0 Å². The van der Waals surface area contributed by atoms with Gasteiger partial charge in [0.1, 0.15) is 0 Å². The first-order valence-electron chi connectivity index (χ1n) is 9.76. The summed E-state index contributed by atoms with van der Waals surface area (Å²) >= 11 is 0. The Morgan fingerprint density at radius 3 is 1.39 bits per heavy atom. The molecule has 7 aliphatic carbocycles. The molecule has 2 saturated carbocycles. The number of carbonyl (C=O) groups excluding carboxylic acids is 2. The largest absolute Gasteiger partial charge is 0.294 e. The van der Waals surface area contributed by atoms with E-state index in [1.807, 2.05) is 0 Å². The third-order valence-electron chi connectivity index (χ3n) is 8.23. The highest BCUT2D eigenvalue weighted by atomic mass is 16.1. The Morgan fingerprint density at radius 1 is 0.565 bits per heavy atom. The Kier molecular flexibility index (Phi) is 2.44. The zero-order valence-electron chi connectivity index (χ0n) is 13.6. The quantitative estimate of drug-likeness (QED) is 0.634. The number of hydrogen-bond donors (Lipinski definition) is 0. The van der Waals surface area contributed by atoms with E-state index >= 15 is 0 Å². The molecule has 2 unspecified atom stereocenters. The van der Waals surface area contributed by atoms with Crippen molar-refractivity contribution in [3.8, 4) is 0 Å². The number of ketones is 2. The minimum Gasteiger partial charge on any atom is -0.294 e. The zero-order chi connectivity index (χ0) is 15.3. The minimum atomic E-state index is 0.0127. The van der Waals surface area contributed by atoms with Gasteiger partial charge < -0.3 is 0 Å². The Bertz CT molecular complexity index is 643. The summed E-state index contributed by atoms with van der Waals surface area (Å²) in [6, 6.07) is 0. The van der Waals surface area contributed by atoms with Crippen molar-refractivity contribution >= 4 is 11.6 Å². The normalized spacial score (nSPS) is 47.1. The Balaban J connectivity index is 1.44. The topological polar surface area (TPSA) is 34.1 Å². The van der Waals surface area contributed by atoms with E-state index in [1.54, 1.807) is 11.1 Å². The molecule has 4 bridgehead atoms. The monoisotopic (exact) mass is 308 g/mol. The van der Waals surface area contributed by atoms with Crippen LogP contribution in [0, 0.1) is 35.5 Å². The lowest BCUT2D eigenvalue weighted by Gasteiger charge is -2.47. The highest BCUT2D eigenvalue weighted by Crippen LogP contribution is 2.58. The van der Waals surface area contributed by atoms with Crippen molar-refractivity contribution in [2.75, 3.05) is 0 Å². The molecule has 7 aliphatic rings. The average molecular weight is 308 g/mol. The fourth-order valence-corrected chi connectivity index (χ4v) is 7.23. The highest BCUT2D eigenvalue weighted by Gasteiger charge is 2.55. The number of hydrogen-bond acceptors (Lipinski definition) is 2. The van der Waals surface area contributed by atoms with Crippen molar-refractivity contribution in [3.05, 3.63) is 22.3 Å². The minimum absolute atomic E-state index is 0.0127. The van der Waals surface area contributed by atoms with E-state index in [9.17, 15) is 9.59 Å². The number of carbonyl (C=O) groups is 2. The molecule has 0 spiro atoms. The summed E-state index contributed by atoms with van der Waals surface area (Å²) in [4.78, 5) is 26.4. The third kappa shape index (κ3) is 1.51. The van der Waals surface area contributed by atoms with Crippen molar-refractivity contribution in [2.24, 2.45) is 35.5 Å². The van der Waals surface area contributed by atoms with Crippen LogP contribution in [0.5, 0.6) is 0 Å². The maximum atomic E-state index is 13.2.